The van der Waals surface area contributed by atoms with E-state index in [9.17, 15) is 4.39 Å². The Morgan fingerprint density at radius 3 is 2.32 bits per heavy atom. The highest BCUT2D eigenvalue weighted by molar-refractivity contribution is 9.11. The van der Waals surface area contributed by atoms with Gasteiger partial charge in [0.15, 0.2) is 0 Å². The Hall–Kier alpha value is -0.710. The molecule has 0 bridgehead atoms. The summed E-state index contributed by atoms with van der Waals surface area (Å²) in [7, 11) is 0. The molecule has 0 aliphatic carbocycles. The molecule has 0 fully saturated rings. The Kier molecular flexibility index (Phi) is 4.43. The van der Waals surface area contributed by atoms with Crippen molar-refractivity contribution < 1.29 is 4.39 Å². The van der Waals surface area contributed by atoms with Crippen molar-refractivity contribution in [3.05, 3.63) is 67.3 Å². The summed E-state index contributed by atoms with van der Waals surface area (Å²) < 4.78 is 15.5. The van der Waals surface area contributed by atoms with Gasteiger partial charge in [0.05, 0.1) is 6.04 Å². The number of aryl methyl sites for hydroxylation is 2. The lowest BCUT2D eigenvalue weighted by molar-refractivity contribution is 0.614. The topological polar surface area (TPSA) is 26.0 Å². The van der Waals surface area contributed by atoms with E-state index < -0.39 is 0 Å². The second-order valence-corrected chi connectivity index (χ2v) is 6.32. The lowest BCUT2D eigenvalue weighted by Crippen LogP contribution is -2.13. The fraction of sp³-hybridized carbons (Fsp3) is 0.200. The zero-order chi connectivity index (χ0) is 14.2. The third-order valence-electron chi connectivity index (χ3n) is 3.17. The van der Waals surface area contributed by atoms with Gasteiger partial charge in [0.2, 0.25) is 0 Å². The quantitative estimate of drug-likeness (QED) is 0.770. The van der Waals surface area contributed by atoms with Crippen molar-refractivity contribution in [1.82, 2.24) is 0 Å². The number of rotatable bonds is 2. The molecule has 0 radical (unpaired) electrons. The molecular formula is C15H14Br2FN. The van der Waals surface area contributed by atoms with E-state index in [1.54, 1.807) is 13.0 Å². The molecule has 0 aliphatic rings. The van der Waals surface area contributed by atoms with E-state index in [0.717, 1.165) is 25.6 Å². The maximum atomic E-state index is 13.6. The summed E-state index contributed by atoms with van der Waals surface area (Å²) in [5, 5.41) is 0. The molecule has 2 N–H and O–H groups in total. The molecule has 0 aliphatic heterocycles. The molecule has 0 aromatic heterocycles. The fourth-order valence-electron chi connectivity index (χ4n) is 1.88. The molecule has 1 unspecified atom stereocenters. The summed E-state index contributed by atoms with van der Waals surface area (Å²) in [6.45, 7) is 3.75. The number of nitrogens with two attached hydrogens (primary N) is 1. The monoisotopic (exact) mass is 385 g/mol. The summed E-state index contributed by atoms with van der Waals surface area (Å²) in [6, 6.07) is 8.73. The van der Waals surface area contributed by atoms with Crippen LogP contribution in [0.15, 0.2) is 39.3 Å². The van der Waals surface area contributed by atoms with Crippen LogP contribution in [0.4, 0.5) is 4.39 Å². The first kappa shape index (κ1) is 14.7. The van der Waals surface area contributed by atoms with Crippen molar-refractivity contribution >= 4 is 31.9 Å². The van der Waals surface area contributed by atoms with Gasteiger partial charge >= 0.3 is 0 Å². The van der Waals surface area contributed by atoms with Crippen LogP contribution < -0.4 is 5.73 Å². The van der Waals surface area contributed by atoms with Gasteiger partial charge in [-0.25, -0.2) is 4.39 Å². The van der Waals surface area contributed by atoms with Gasteiger partial charge in [-0.1, -0.05) is 44.0 Å². The fourth-order valence-corrected chi connectivity index (χ4v) is 2.95. The van der Waals surface area contributed by atoms with Gasteiger partial charge in [-0.05, 0) is 54.3 Å². The predicted octanol–water partition coefficient (Wildman–Crippen LogP) is 5.02. The van der Waals surface area contributed by atoms with Gasteiger partial charge in [0, 0.05) is 8.95 Å². The average molecular weight is 387 g/mol. The number of hydrogen-bond acceptors (Lipinski definition) is 1. The molecule has 1 nitrogen and oxygen atoms in total. The van der Waals surface area contributed by atoms with Crippen LogP contribution in [0.2, 0.25) is 0 Å². The standard InChI is InChI=1S/C15H14Br2FN/c1-8-3-4-10(6-14(8)18)15(19)11-7-12(16)9(2)5-13(11)17/h3-7,15H,19H2,1-2H3. The first-order valence-electron chi connectivity index (χ1n) is 5.87. The Morgan fingerprint density at radius 2 is 1.68 bits per heavy atom. The molecule has 0 amide bonds. The van der Waals surface area contributed by atoms with Gasteiger partial charge < -0.3 is 5.73 Å². The molecule has 2 aromatic carbocycles. The minimum Gasteiger partial charge on any atom is -0.320 e. The predicted molar refractivity (Wildman–Crippen MR) is 83.7 cm³/mol. The largest absolute Gasteiger partial charge is 0.320 e. The van der Waals surface area contributed by atoms with Crippen LogP contribution >= 0.6 is 31.9 Å². The smallest absolute Gasteiger partial charge is 0.126 e. The second kappa shape index (κ2) is 5.73. The minimum absolute atomic E-state index is 0.227. The van der Waals surface area contributed by atoms with Gasteiger partial charge in [0.25, 0.3) is 0 Å². The van der Waals surface area contributed by atoms with Gasteiger partial charge in [-0.2, -0.15) is 0 Å². The summed E-state index contributed by atoms with van der Waals surface area (Å²) in [6.07, 6.45) is 0. The van der Waals surface area contributed by atoms with E-state index in [0.29, 0.717) is 5.56 Å². The third kappa shape index (κ3) is 3.07. The van der Waals surface area contributed by atoms with Crippen molar-refractivity contribution in [2.75, 3.05) is 0 Å². The molecule has 100 valence electrons. The van der Waals surface area contributed by atoms with Gasteiger partial charge in [-0.15, -0.1) is 0 Å². The van der Waals surface area contributed by atoms with E-state index in [4.69, 9.17) is 5.73 Å². The molecule has 2 rings (SSSR count). The molecular weight excluding hydrogens is 373 g/mol. The summed E-state index contributed by atoms with van der Waals surface area (Å²) >= 11 is 7.01. The van der Waals surface area contributed by atoms with E-state index in [1.165, 1.54) is 6.07 Å². The van der Waals surface area contributed by atoms with Crippen LogP contribution in [0.5, 0.6) is 0 Å². The Balaban J connectivity index is 2.46. The Morgan fingerprint density at radius 1 is 1.00 bits per heavy atom. The van der Waals surface area contributed by atoms with Crippen molar-refractivity contribution in [3.8, 4) is 0 Å². The normalized spacial score (nSPS) is 12.5. The maximum absolute atomic E-state index is 13.6. The lowest BCUT2D eigenvalue weighted by Gasteiger charge is -2.16. The lowest BCUT2D eigenvalue weighted by atomic mass is 9.98. The summed E-state index contributed by atoms with van der Waals surface area (Å²) in [4.78, 5) is 0. The maximum Gasteiger partial charge on any atom is 0.126 e. The van der Waals surface area contributed by atoms with Gasteiger partial charge in [0.1, 0.15) is 5.82 Å². The average Bonchev–Trinajstić information content (AvgIpc) is 2.36. The highest BCUT2D eigenvalue weighted by atomic mass is 79.9. The van der Waals surface area contributed by atoms with Crippen LogP contribution in [-0.2, 0) is 0 Å². The van der Waals surface area contributed by atoms with E-state index in [1.807, 2.05) is 25.1 Å². The molecule has 0 saturated heterocycles. The highest BCUT2D eigenvalue weighted by Gasteiger charge is 2.15. The second-order valence-electron chi connectivity index (χ2n) is 4.61. The first-order valence-corrected chi connectivity index (χ1v) is 7.46. The van der Waals surface area contributed by atoms with E-state index >= 15 is 0 Å². The zero-order valence-corrected chi connectivity index (χ0v) is 13.8. The number of benzene rings is 2. The molecule has 1 atom stereocenters. The molecule has 0 saturated carbocycles. The van der Waals surface area contributed by atoms with Crippen LogP contribution in [0.1, 0.15) is 28.3 Å². The Bertz CT molecular complexity index is 626. The van der Waals surface area contributed by atoms with Crippen molar-refractivity contribution in [2.24, 2.45) is 5.73 Å². The molecule has 4 heteroatoms. The van der Waals surface area contributed by atoms with Crippen molar-refractivity contribution in [1.29, 1.82) is 0 Å². The van der Waals surface area contributed by atoms with Crippen LogP contribution in [0.25, 0.3) is 0 Å². The third-order valence-corrected chi connectivity index (χ3v) is 4.71. The summed E-state index contributed by atoms with van der Waals surface area (Å²) in [5.41, 5.74) is 9.68. The van der Waals surface area contributed by atoms with Crippen LogP contribution in [0.3, 0.4) is 0 Å². The van der Waals surface area contributed by atoms with Crippen molar-refractivity contribution in [3.63, 3.8) is 0 Å². The highest BCUT2D eigenvalue weighted by Crippen LogP contribution is 2.32. The van der Waals surface area contributed by atoms with E-state index in [2.05, 4.69) is 31.9 Å². The number of halogens is 3. The Labute approximate surface area is 129 Å². The molecule has 0 spiro atoms. The van der Waals surface area contributed by atoms with Crippen LogP contribution in [0, 0.1) is 19.7 Å². The van der Waals surface area contributed by atoms with Crippen LogP contribution in [-0.4, -0.2) is 0 Å². The van der Waals surface area contributed by atoms with E-state index in [-0.39, 0.29) is 11.9 Å². The molecule has 19 heavy (non-hydrogen) atoms. The zero-order valence-electron chi connectivity index (χ0n) is 10.7. The SMILES string of the molecule is Cc1ccc(C(N)c2cc(Br)c(C)cc2Br)cc1F. The minimum atomic E-state index is -0.360. The number of hydrogen-bond donors (Lipinski definition) is 1. The van der Waals surface area contributed by atoms with Gasteiger partial charge in [-0.3, -0.25) is 0 Å². The summed E-state index contributed by atoms with van der Waals surface area (Å²) in [5.74, 6) is -0.227. The van der Waals surface area contributed by atoms with Crippen molar-refractivity contribution in [2.45, 2.75) is 19.9 Å². The molecule has 0 heterocycles. The first-order chi connectivity index (χ1) is 8.90. The molecule has 2 aromatic rings.